The van der Waals surface area contributed by atoms with Crippen molar-refractivity contribution in [3.63, 3.8) is 0 Å². The lowest BCUT2D eigenvalue weighted by atomic mass is 9.92. The number of hydrogen-bond acceptors (Lipinski definition) is 3. The number of ether oxygens (including phenoxy) is 2. The van der Waals surface area contributed by atoms with Gasteiger partial charge in [0.1, 0.15) is 0 Å². The van der Waals surface area contributed by atoms with Crippen LogP contribution in [-0.2, 0) is 9.47 Å². The van der Waals surface area contributed by atoms with Gasteiger partial charge in [-0.15, -0.1) is 0 Å². The summed E-state index contributed by atoms with van der Waals surface area (Å²) >= 11 is 0. The van der Waals surface area contributed by atoms with Crippen molar-refractivity contribution in [2.24, 2.45) is 11.7 Å². The largest absolute Gasteiger partial charge is 0.501 e. The SMILES string of the molecule is COC(C(C)C)C(N)C1=COCCC1. The molecule has 0 aromatic carbocycles. The minimum Gasteiger partial charge on any atom is -0.501 e. The number of nitrogens with two attached hydrogens (primary N) is 1. The zero-order valence-corrected chi connectivity index (χ0v) is 9.32. The van der Waals surface area contributed by atoms with Gasteiger partial charge in [-0.3, -0.25) is 0 Å². The fourth-order valence-corrected chi connectivity index (χ4v) is 1.87. The molecule has 0 spiro atoms. The van der Waals surface area contributed by atoms with Gasteiger partial charge in [0.15, 0.2) is 0 Å². The molecule has 2 N–H and O–H groups in total. The van der Waals surface area contributed by atoms with E-state index in [4.69, 9.17) is 15.2 Å². The Balaban J connectivity index is 2.61. The molecule has 3 nitrogen and oxygen atoms in total. The highest BCUT2D eigenvalue weighted by molar-refractivity contribution is 5.11. The molecular formula is C11H21NO2. The Morgan fingerprint density at radius 1 is 1.50 bits per heavy atom. The van der Waals surface area contributed by atoms with Crippen LogP contribution in [0.4, 0.5) is 0 Å². The van der Waals surface area contributed by atoms with Gasteiger partial charge in [0.25, 0.3) is 0 Å². The summed E-state index contributed by atoms with van der Waals surface area (Å²) in [6, 6.07) is -0.0275. The predicted octanol–water partition coefficient (Wildman–Crippen LogP) is 1.68. The molecule has 2 atom stereocenters. The van der Waals surface area contributed by atoms with Crippen LogP contribution < -0.4 is 5.73 Å². The van der Waals surface area contributed by atoms with E-state index in [0.29, 0.717) is 5.92 Å². The van der Waals surface area contributed by atoms with E-state index < -0.39 is 0 Å². The highest BCUT2D eigenvalue weighted by Crippen LogP contribution is 2.21. The summed E-state index contributed by atoms with van der Waals surface area (Å²) in [4.78, 5) is 0. The summed E-state index contributed by atoms with van der Waals surface area (Å²) in [6.45, 7) is 5.06. The zero-order valence-electron chi connectivity index (χ0n) is 9.32. The third-order valence-electron chi connectivity index (χ3n) is 2.67. The highest BCUT2D eigenvalue weighted by atomic mass is 16.5. The van der Waals surface area contributed by atoms with E-state index in [1.807, 2.05) is 6.26 Å². The molecule has 0 aromatic rings. The Kier molecular flexibility index (Phi) is 4.42. The van der Waals surface area contributed by atoms with Crippen molar-refractivity contribution in [1.82, 2.24) is 0 Å². The molecule has 0 amide bonds. The summed E-state index contributed by atoms with van der Waals surface area (Å²) in [5, 5.41) is 0. The molecule has 0 fully saturated rings. The average molecular weight is 199 g/mol. The molecule has 0 saturated heterocycles. The molecule has 14 heavy (non-hydrogen) atoms. The van der Waals surface area contributed by atoms with Gasteiger partial charge in [-0.05, 0) is 24.3 Å². The van der Waals surface area contributed by atoms with Crippen LogP contribution in [-0.4, -0.2) is 25.9 Å². The summed E-state index contributed by atoms with van der Waals surface area (Å²) < 4.78 is 10.7. The van der Waals surface area contributed by atoms with Crippen molar-refractivity contribution >= 4 is 0 Å². The first-order chi connectivity index (χ1) is 6.66. The molecule has 0 aliphatic carbocycles. The first-order valence-electron chi connectivity index (χ1n) is 5.25. The van der Waals surface area contributed by atoms with E-state index in [-0.39, 0.29) is 12.1 Å². The third-order valence-corrected chi connectivity index (χ3v) is 2.67. The van der Waals surface area contributed by atoms with E-state index in [1.165, 1.54) is 5.57 Å². The second kappa shape index (κ2) is 5.37. The van der Waals surface area contributed by atoms with Crippen LogP contribution in [0.1, 0.15) is 26.7 Å². The fourth-order valence-electron chi connectivity index (χ4n) is 1.87. The lowest BCUT2D eigenvalue weighted by molar-refractivity contribution is 0.0494. The van der Waals surface area contributed by atoms with E-state index >= 15 is 0 Å². The lowest BCUT2D eigenvalue weighted by Crippen LogP contribution is -2.41. The Labute approximate surface area is 86.3 Å². The first kappa shape index (κ1) is 11.5. The fraction of sp³-hybridized carbons (Fsp3) is 0.818. The molecule has 0 bridgehead atoms. The molecule has 1 aliphatic heterocycles. The summed E-state index contributed by atoms with van der Waals surface area (Å²) in [5.41, 5.74) is 7.31. The van der Waals surface area contributed by atoms with Crippen molar-refractivity contribution < 1.29 is 9.47 Å². The smallest absolute Gasteiger partial charge is 0.0876 e. The second-order valence-electron chi connectivity index (χ2n) is 4.14. The molecule has 0 radical (unpaired) electrons. The van der Waals surface area contributed by atoms with Crippen LogP contribution in [0, 0.1) is 5.92 Å². The van der Waals surface area contributed by atoms with Crippen LogP contribution in [0.2, 0.25) is 0 Å². The Morgan fingerprint density at radius 2 is 2.21 bits per heavy atom. The first-order valence-corrected chi connectivity index (χ1v) is 5.25. The van der Waals surface area contributed by atoms with Gasteiger partial charge >= 0.3 is 0 Å². The molecule has 82 valence electrons. The topological polar surface area (TPSA) is 44.5 Å². The van der Waals surface area contributed by atoms with Gasteiger partial charge in [0.2, 0.25) is 0 Å². The van der Waals surface area contributed by atoms with E-state index in [2.05, 4.69) is 13.8 Å². The normalized spacial score (nSPS) is 21.4. The molecule has 1 heterocycles. The average Bonchev–Trinajstić information content (AvgIpc) is 2.19. The van der Waals surface area contributed by atoms with Crippen molar-refractivity contribution in [3.8, 4) is 0 Å². The van der Waals surface area contributed by atoms with Gasteiger partial charge in [-0.25, -0.2) is 0 Å². The molecule has 0 aromatic heterocycles. The zero-order chi connectivity index (χ0) is 10.6. The molecule has 1 aliphatic rings. The molecule has 1 rings (SSSR count). The Bertz CT molecular complexity index is 201. The van der Waals surface area contributed by atoms with Crippen molar-refractivity contribution in [2.45, 2.75) is 38.8 Å². The van der Waals surface area contributed by atoms with E-state index in [0.717, 1.165) is 19.4 Å². The van der Waals surface area contributed by atoms with Gasteiger partial charge in [-0.2, -0.15) is 0 Å². The Morgan fingerprint density at radius 3 is 2.64 bits per heavy atom. The van der Waals surface area contributed by atoms with Crippen LogP contribution in [0.3, 0.4) is 0 Å². The number of hydrogen-bond donors (Lipinski definition) is 1. The van der Waals surface area contributed by atoms with Crippen LogP contribution >= 0.6 is 0 Å². The molecule has 3 heteroatoms. The maximum atomic E-state index is 6.13. The monoisotopic (exact) mass is 199 g/mol. The minimum absolute atomic E-state index is 0.0275. The molecular weight excluding hydrogens is 178 g/mol. The molecule has 2 unspecified atom stereocenters. The van der Waals surface area contributed by atoms with Crippen LogP contribution in [0.5, 0.6) is 0 Å². The Hall–Kier alpha value is -0.540. The standard InChI is InChI=1S/C11H21NO2/c1-8(2)11(13-3)10(12)9-5-4-6-14-7-9/h7-8,10-11H,4-6,12H2,1-3H3. The molecule has 0 saturated carbocycles. The van der Waals surface area contributed by atoms with Gasteiger partial charge in [0, 0.05) is 7.11 Å². The van der Waals surface area contributed by atoms with Crippen molar-refractivity contribution in [3.05, 3.63) is 11.8 Å². The minimum atomic E-state index is -0.0275. The summed E-state index contributed by atoms with van der Waals surface area (Å²) in [5.74, 6) is 0.429. The summed E-state index contributed by atoms with van der Waals surface area (Å²) in [7, 11) is 1.72. The van der Waals surface area contributed by atoms with Crippen molar-refractivity contribution in [1.29, 1.82) is 0 Å². The van der Waals surface area contributed by atoms with Crippen molar-refractivity contribution in [2.75, 3.05) is 13.7 Å². The van der Waals surface area contributed by atoms with Crippen LogP contribution in [0.15, 0.2) is 11.8 Å². The van der Waals surface area contributed by atoms with Gasteiger partial charge in [0.05, 0.1) is 25.0 Å². The quantitative estimate of drug-likeness (QED) is 0.749. The second-order valence-corrected chi connectivity index (χ2v) is 4.14. The van der Waals surface area contributed by atoms with Gasteiger partial charge in [-0.1, -0.05) is 13.8 Å². The van der Waals surface area contributed by atoms with Crippen LogP contribution in [0.25, 0.3) is 0 Å². The summed E-state index contributed by atoms with van der Waals surface area (Å²) in [6.07, 6.45) is 3.99. The maximum absolute atomic E-state index is 6.13. The highest BCUT2D eigenvalue weighted by Gasteiger charge is 2.25. The lowest BCUT2D eigenvalue weighted by Gasteiger charge is -2.29. The number of rotatable bonds is 4. The number of methoxy groups -OCH3 is 1. The van der Waals surface area contributed by atoms with E-state index in [9.17, 15) is 0 Å². The third kappa shape index (κ3) is 2.72. The van der Waals surface area contributed by atoms with E-state index in [1.54, 1.807) is 7.11 Å². The predicted molar refractivity (Wildman–Crippen MR) is 56.9 cm³/mol. The van der Waals surface area contributed by atoms with Gasteiger partial charge < -0.3 is 15.2 Å². The maximum Gasteiger partial charge on any atom is 0.0876 e.